The molecule has 2 N–H and O–H groups in total. The Morgan fingerprint density at radius 1 is 1.04 bits per heavy atom. The number of benzene rings is 1. The molecular formula is C17H23N3O5. The summed E-state index contributed by atoms with van der Waals surface area (Å²) in [7, 11) is 0. The summed E-state index contributed by atoms with van der Waals surface area (Å²) < 4.78 is 9.98. The summed E-state index contributed by atoms with van der Waals surface area (Å²) in [6, 6.07) is 6.47. The third-order valence-corrected chi connectivity index (χ3v) is 3.86. The van der Waals surface area contributed by atoms with E-state index in [1.165, 1.54) is 0 Å². The number of rotatable bonds is 7. The Morgan fingerprint density at radius 3 is 2.16 bits per heavy atom. The number of primary amides is 1. The molecule has 1 aliphatic heterocycles. The molecule has 8 heteroatoms. The summed E-state index contributed by atoms with van der Waals surface area (Å²) in [5.74, 6) is -1.41. The molecule has 1 heterocycles. The van der Waals surface area contributed by atoms with Crippen molar-refractivity contribution in [3.8, 4) is 0 Å². The number of para-hydroxylation sites is 2. The molecule has 0 saturated heterocycles. The van der Waals surface area contributed by atoms with Crippen LogP contribution < -0.4 is 15.5 Å². The maximum absolute atomic E-state index is 12.0. The highest BCUT2D eigenvalue weighted by Crippen LogP contribution is 2.35. The average molecular weight is 349 g/mol. The van der Waals surface area contributed by atoms with E-state index in [0.29, 0.717) is 5.69 Å². The van der Waals surface area contributed by atoms with E-state index in [2.05, 4.69) is 0 Å². The Bertz CT molecular complexity index is 649. The van der Waals surface area contributed by atoms with Gasteiger partial charge >= 0.3 is 11.9 Å². The second-order valence-corrected chi connectivity index (χ2v) is 5.53. The molecule has 0 spiro atoms. The van der Waals surface area contributed by atoms with Crippen LogP contribution in [0.3, 0.4) is 0 Å². The number of nitrogens with two attached hydrogens (primary N) is 1. The van der Waals surface area contributed by atoms with Crippen molar-refractivity contribution in [2.24, 2.45) is 5.73 Å². The van der Waals surface area contributed by atoms with Gasteiger partial charge in [-0.1, -0.05) is 12.1 Å². The standard InChI is InChI=1S/C17H23N3O5/c1-3-24-15(21)10-19-9-14(17(18)23)20(11-16(22)25-4-2)13-8-6-5-7-12(13)19/h5-8,14H,3-4,9-11H2,1-2H3,(H2,18,23)/t14-/m0/s1. The second kappa shape index (κ2) is 8.36. The Balaban J connectivity index is 2.34. The van der Waals surface area contributed by atoms with Crippen molar-refractivity contribution in [3.63, 3.8) is 0 Å². The van der Waals surface area contributed by atoms with Crippen LogP contribution in [0.5, 0.6) is 0 Å². The Labute approximate surface area is 146 Å². The predicted octanol–water partition coefficient (Wildman–Crippen LogP) is 0.293. The molecule has 0 bridgehead atoms. The van der Waals surface area contributed by atoms with Gasteiger partial charge in [0.1, 0.15) is 19.1 Å². The molecule has 1 atom stereocenters. The van der Waals surface area contributed by atoms with Crippen LogP contribution in [0.2, 0.25) is 0 Å². The van der Waals surface area contributed by atoms with Crippen molar-refractivity contribution in [2.45, 2.75) is 19.9 Å². The Hall–Kier alpha value is -2.77. The highest BCUT2D eigenvalue weighted by atomic mass is 16.5. The van der Waals surface area contributed by atoms with E-state index in [9.17, 15) is 14.4 Å². The molecule has 0 fully saturated rings. The van der Waals surface area contributed by atoms with E-state index in [1.807, 2.05) is 12.1 Å². The fourth-order valence-corrected chi connectivity index (χ4v) is 2.84. The molecule has 1 aromatic carbocycles. The third-order valence-electron chi connectivity index (χ3n) is 3.86. The van der Waals surface area contributed by atoms with Crippen LogP contribution in [0.25, 0.3) is 0 Å². The van der Waals surface area contributed by atoms with Crippen molar-refractivity contribution in [1.29, 1.82) is 0 Å². The summed E-state index contributed by atoms with van der Waals surface area (Å²) in [6.45, 7) is 4.08. The molecule has 0 unspecified atom stereocenters. The van der Waals surface area contributed by atoms with Gasteiger partial charge in [0.25, 0.3) is 0 Å². The van der Waals surface area contributed by atoms with Gasteiger partial charge in [0, 0.05) is 6.54 Å². The van der Waals surface area contributed by atoms with Crippen LogP contribution in [0.15, 0.2) is 24.3 Å². The van der Waals surface area contributed by atoms with Crippen LogP contribution in [0.1, 0.15) is 13.8 Å². The number of carbonyl (C=O) groups excluding carboxylic acids is 3. The lowest BCUT2D eigenvalue weighted by molar-refractivity contribution is -0.142. The first-order valence-corrected chi connectivity index (χ1v) is 8.19. The van der Waals surface area contributed by atoms with Gasteiger partial charge in [0.05, 0.1) is 24.6 Å². The fraction of sp³-hybridized carbons (Fsp3) is 0.471. The smallest absolute Gasteiger partial charge is 0.325 e. The van der Waals surface area contributed by atoms with Crippen LogP contribution in [0, 0.1) is 0 Å². The SMILES string of the molecule is CCOC(=O)CN1C[C@@H](C(N)=O)N(CC(=O)OCC)c2ccccc21. The molecule has 0 radical (unpaired) electrons. The Kier molecular flexibility index (Phi) is 6.21. The highest BCUT2D eigenvalue weighted by molar-refractivity contribution is 5.92. The predicted molar refractivity (Wildman–Crippen MR) is 92.2 cm³/mol. The molecule has 0 aliphatic carbocycles. The number of amides is 1. The van der Waals surface area contributed by atoms with Gasteiger partial charge in [-0.2, -0.15) is 0 Å². The summed E-state index contributed by atoms with van der Waals surface area (Å²) in [4.78, 5) is 39.1. The number of esters is 2. The number of fused-ring (bicyclic) bond motifs is 1. The van der Waals surface area contributed by atoms with Crippen molar-refractivity contribution in [1.82, 2.24) is 0 Å². The van der Waals surface area contributed by atoms with Crippen LogP contribution in [-0.2, 0) is 23.9 Å². The Morgan fingerprint density at radius 2 is 1.60 bits per heavy atom. The van der Waals surface area contributed by atoms with E-state index >= 15 is 0 Å². The van der Waals surface area contributed by atoms with E-state index in [0.717, 1.165) is 5.69 Å². The number of carbonyl (C=O) groups is 3. The first-order chi connectivity index (χ1) is 12.0. The van der Waals surface area contributed by atoms with E-state index in [1.54, 1.807) is 35.8 Å². The normalized spacial score (nSPS) is 16.2. The number of anilines is 2. The maximum Gasteiger partial charge on any atom is 0.325 e. The molecule has 136 valence electrons. The molecule has 1 amide bonds. The van der Waals surface area contributed by atoms with Crippen molar-refractivity contribution >= 4 is 29.2 Å². The van der Waals surface area contributed by atoms with Crippen LogP contribution in [-0.4, -0.2) is 56.7 Å². The van der Waals surface area contributed by atoms with Crippen molar-refractivity contribution in [3.05, 3.63) is 24.3 Å². The third kappa shape index (κ3) is 4.40. The average Bonchev–Trinajstić information content (AvgIpc) is 2.57. The van der Waals surface area contributed by atoms with Crippen molar-refractivity contribution < 1.29 is 23.9 Å². The number of ether oxygens (including phenoxy) is 2. The molecule has 8 nitrogen and oxygen atoms in total. The fourth-order valence-electron chi connectivity index (χ4n) is 2.84. The minimum Gasteiger partial charge on any atom is -0.465 e. The van der Waals surface area contributed by atoms with Crippen molar-refractivity contribution in [2.75, 3.05) is 42.6 Å². The molecule has 0 saturated carbocycles. The molecule has 1 aromatic rings. The number of nitrogens with zero attached hydrogens (tertiary/aromatic N) is 2. The van der Waals surface area contributed by atoms with Gasteiger partial charge in [-0.15, -0.1) is 0 Å². The van der Waals surface area contributed by atoms with Crippen LogP contribution >= 0.6 is 0 Å². The summed E-state index contributed by atoms with van der Waals surface area (Å²) >= 11 is 0. The van der Waals surface area contributed by atoms with Gasteiger partial charge in [-0.05, 0) is 26.0 Å². The summed E-state index contributed by atoms with van der Waals surface area (Å²) in [6.07, 6.45) is 0. The highest BCUT2D eigenvalue weighted by Gasteiger charge is 2.36. The number of hydrogen-bond acceptors (Lipinski definition) is 7. The van der Waals surface area contributed by atoms with Gasteiger partial charge in [-0.25, -0.2) is 0 Å². The zero-order chi connectivity index (χ0) is 18.4. The molecule has 2 rings (SSSR count). The summed E-state index contributed by atoms with van der Waals surface area (Å²) in [5.41, 5.74) is 6.92. The first kappa shape index (κ1) is 18.6. The summed E-state index contributed by atoms with van der Waals surface area (Å²) in [5, 5.41) is 0. The lowest BCUT2D eigenvalue weighted by Crippen LogP contribution is -2.57. The number of hydrogen-bond donors (Lipinski definition) is 1. The lowest BCUT2D eigenvalue weighted by Gasteiger charge is -2.42. The molecule has 0 aromatic heterocycles. The first-order valence-electron chi connectivity index (χ1n) is 8.19. The van der Waals surface area contributed by atoms with E-state index < -0.39 is 17.9 Å². The van der Waals surface area contributed by atoms with Gasteiger partial charge in [0.2, 0.25) is 5.91 Å². The maximum atomic E-state index is 12.0. The van der Waals surface area contributed by atoms with E-state index in [-0.39, 0.29) is 38.8 Å². The van der Waals surface area contributed by atoms with Gasteiger partial charge in [0.15, 0.2) is 0 Å². The zero-order valence-corrected chi connectivity index (χ0v) is 14.4. The topological polar surface area (TPSA) is 102 Å². The lowest BCUT2D eigenvalue weighted by atomic mass is 10.1. The molecular weight excluding hydrogens is 326 g/mol. The largest absolute Gasteiger partial charge is 0.465 e. The quantitative estimate of drug-likeness (QED) is 0.706. The molecule has 1 aliphatic rings. The zero-order valence-electron chi connectivity index (χ0n) is 14.4. The molecule has 25 heavy (non-hydrogen) atoms. The van der Waals surface area contributed by atoms with Gasteiger partial charge in [-0.3, -0.25) is 14.4 Å². The second-order valence-electron chi connectivity index (χ2n) is 5.53. The minimum absolute atomic E-state index is 0.00186. The van der Waals surface area contributed by atoms with E-state index in [4.69, 9.17) is 15.2 Å². The van der Waals surface area contributed by atoms with Crippen LogP contribution in [0.4, 0.5) is 11.4 Å². The van der Waals surface area contributed by atoms with Gasteiger partial charge < -0.3 is 25.0 Å². The monoisotopic (exact) mass is 349 g/mol. The minimum atomic E-state index is -0.756.